The molecule has 2 aromatic carbocycles. The van der Waals surface area contributed by atoms with E-state index in [-0.39, 0.29) is 69.6 Å². The van der Waals surface area contributed by atoms with Crippen LogP contribution < -0.4 is 49.9 Å². The highest BCUT2D eigenvalue weighted by Crippen LogP contribution is 2.22. The number of hydrogen-bond acceptors (Lipinski definition) is 9. The lowest BCUT2D eigenvalue weighted by Gasteiger charge is -2.31. The van der Waals surface area contributed by atoms with Crippen molar-refractivity contribution < 1.29 is 33.9 Å². The molecule has 0 aromatic heterocycles. The number of nitrogens with one attached hydrogen (secondary N) is 4. The first-order chi connectivity index (χ1) is 28.9. The Kier molecular flexibility index (Phi) is 19.7. The van der Waals surface area contributed by atoms with Crippen LogP contribution in [0, 0.1) is 11.8 Å². The average Bonchev–Trinajstić information content (AvgIpc) is 3.71. The van der Waals surface area contributed by atoms with Crippen LogP contribution in [0.15, 0.2) is 52.4 Å². The van der Waals surface area contributed by atoms with Crippen molar-refractivity contribution in [2.75, 3.05) is 19.6 Å². The van der Waals surface area contributed by atoms with Crippen LogP contribution >= 0.6 is 0 Å². The number of carboxylic acids is 1. The quantitative estimate of drug-likeness (QED) is 0.0377. The first-order valence-corrected chi connectivity index (χ1v) is 21.0. The highest BCUT2D eigenvalue weighted by molar-refractivity contribution is 5.97. The summed E-state index contributed by atoms with van der Waals surface area (Å²) in [6.45, 7) is 7.97. The number of nitrogens with two attached hydrogens (primary N) is 5. The van der Waals surface area contributed by atoms with Gasteiger partial charge in [0.15, 0.2) is 11.9 Å². The number of aliphatic carboxylic acids is 1. The van der Waals surface area contributed by atoms with Gasteiger partial charge in [-0.15, -0.1) is 0 Å². The largest absolute Gasteiger partial charge is 0.480 e. The number of nitrogens with zero attached hydrogens (tertiary/aromatic N) is 3. The Morgan fingerprint density at radius 1 is 0.787 bits per heavy atom. The number of likely N-dealkylation sites (tertiary alicyclic amines) is 1. The zero-order valence-electron chi connectivity index (χ0n) is 35.8. The van der Waals surface area contributed by atoms with Crippen LogP contribution in [0.25, 0.3) is 10.8 Å². The summed E-state index contributed by atoms with van der Waals surface area (Å²) in [6, 6.07) is 6.83. The number of benzene rings is 2. The summed E-state index contributed by atoms with van der Waals surface area (Å²) < 4.78 is 0. The second-order valence-electron chi connectivity index (χ2n) is 16.1. The zero-order chi connectivity index (χ0) is 45.2. The summed E-state index contributed by atoms with van der Waals surface area (Å²) in [7, 11) is 0. The molecule has 1 fully saturated rings. The number of fused-ring (bicyclic) bond motifs is 1. The Labute approximate surface area is 357 Å². The third kappa shape index (κ3) is 15.9. The molecule has 5 amide bonds. The molecule has 61 heavy (non-hydrogen) atoms. The van der Waals surface area contributed by atoms with Crippen LogP contribution in [0.4, 0.5) is 0 Å². The smallest absolute Gasteiger partial charge is 0.326 e. The van der Waals surface area contributed by atoms with E-state index in [0.717, 1.165) is 16.3 Å². The van der Waals surface area contributed by atoms with E-state index >= 15 is 0 Å². The minimum absolute atomic E-state index is 0.0247. The van der Waals surface area contributed by atoms with Gasteiger partial charge in [0.05, 0.1) is 6.04 Å². The van der Waals surface area contributed by atoms with E-state index in [1.807, 2.05) is 63.2 Å². The maximum atomic E-state index is 14.3. The van der Waals surface area contributed by atoms with Crippen molar-refractivity contribution in [3.05, 3.63) is 48.0 Å². The molecule has 336 valence electrons. The molecule has 1 aliphatic heterocycles. The summed E-state index contributed by atoms with van der Waals surface area (Å²) in [5, 5.41) is 22.8. The van der Waals surface area contributed by atoms with Crippen molar-refractivity contribution >= 4 is 58.2 Å². The van der Waals surface area contributed by atoms with E-state index in [2.05, 4.69) is 31.3 Å². The van der Waals surface area contributed by atoms with Gasteiger partial charge >= 0.3 is 5.97 Å². The van der Waals surface area contributed by atoms with E-state index in [1.54, 1.807) is 6.92 Å². The number of guanidine groups is 2. The van der Waals surface area contributed by atoms with Gasteiger partial charge in [-0.05, 0) is 73.1 Å². The molecule has 3 rings (SSSR count). The fourth-order valence-corrected chi connectivity index (χ4v) is 7.18. The summed E-state index contributed by atoms with van der Waals surface area (Å²) in [5.74, 6) is -4.82. The molecule has 2 aromatic rings. The highest BCUT2D eigenvalue weighted by atomic mass is 16.4. The van der Waals surface area contributed by atoms with Gasteiger partial charge in [-0.25, -0.2) is 4.79 Å². The van der Waals surface area contributed by atoms with Gasteiger partial charge in [0.25, 0.3) is 0 Å². The molecule has 1 aliphatic rings. The van der Waals surface area contributed by atoms with E-state index in [4.69, 9.17) is 28.7 Å². The van der Waals surface area contributed by atoms with E-state index in [1.165, 1.54) is 4.90 Å². The number of amides is 5. The monoisotopic (exact) mass is 851 g/mol. The molecule has 0 aliphatic carbocycles. The molecule has 1 heterocycles. The Bertz CT molecular complexity index is 1880. The van der Waals surface area contributed by atoms with E-state index in [0.29, 0.717) is 25.7 Å². The van der Waals surface area contributed by atoms with Gasteiger partial charge in [0.1, 0.15) is 30.2 Å². The summed E-state index contributed by atoms with van der Waals surface area (Å²) in [6.07, 6.45) is 2.58. The number of hydrogen-bond donors (Lipinski definition) is 10. The second kappa shape index (κ2) is 24.3. The molecule has 0 saturated carbocycles. The van der Waals surface area contributed by atoms with Crippen LogP contribution in [-0.4, -0.2) is 113 Å². The molecule has 7 atom stereocenters. The van der Waals surface area contributed by atoms with Crippen molar-refractivity contribution in [2.45, 2.75) is 122 Å². The topological polar surface area (TPSA) is 329 Å². The predicted octanol–water partition coefficient (Wildman–Crippen LogP) is -0.0762. The molecule has 0 unspecified atom stereocenters. The molecule has 15 N–H and O–H groups in total. The van der Waals surface area contributed by atoms with E-state index in [9.17, 15) is 33.9 Å². The number of carbonyl (C=O) groups is 6. The fraction of sp³-hybridized carbons (Fsp3) is 0.571. The van der Waals surface area contributed by atoms with Gasteiger partial charge in [0, 0.05) is 26.1 Å². The lowest BCUT2D eigenvalue weighted by molar-refractivity contribution is -0.143. The molecular weight excluding hydrogens is 785 g/mol. The Morgan fingerprint density at radius 3 is 2.02 bits per heavy atom. The summed E-state index contributed by atoms with van der Waals surface area (Å²) >= 11 is 0. The van der Waals surface area contributed by atoms with Crippen LogP contribution in [0.3, 0.4) is 0 Å². The van der Waals surface area contributed by atoms with Gasteiger partial charge in [0.2, 0.25) is 29.5 Å². The Hall–Kier alpha value is -5.98. The lowest BCUT2D eigenvalue weighted by atomic mass is 9.95. The maximum absolute atomic E-state index is 14.3. The number of aliphatic imine (C=N–C) groups is 2. The molecule has 0 bridgehead atoms. The third-order valence-electron chi connectivity index (χ3n) is 10.7. The average molecular weight is 851 g/mol. The molecule has 19 nitrogen and oxygen atoms in total. The number of rotatable bonds is 24. The molecule has 0 spiro atoms. The first kappa shape index (κ1) is 49.4. The fourth-order valence-electron chi connectivity index (χ4n) is 7.18. The third-order valence-corrected chi connectivity index (χ3v) is 10.7. The lowest BCUT2D eigenvalue weighted by Crippen LogP contribution is -2.60. The zero-order valence-corrected chi connectivity index (χ0v) is 35.8. The highest BCUT2D eigenvalue weighted by Gasteiger charge is 2.40. The van der Waals surface area contributed by atoms with Crippen LogP contribution in [0.5, 0.6) is 0 Å². The maximum Gasteiger partial charge on any atom is 0.326 e. The molecule has 19 heteroatoms. The van der Waals surface area contributed by atoms with Crippen LogP contribution in [-0.2, 0) is 35.2 Å². The SMILES string of the molecule is CC[C@H](C)[C@H](NC(=O)[C@H](Cc1ccc2ccccc2c1)NC(=O)[C@@H]1CCCN1C(=O)[C@H](CCCN=C(N)N)NC(=O)[C@@H](N)CCCN=C(N)N)C(=O)N[C@@H](CC(C)C)C(=O)O. The normalized spacial score (nSPS) is 16.6. The van der Waals surface area contributed by atoms with Crippen molar-refractivity contribution in [1.82, 2.24) is 26.2 Å². The van der Waals surface area contributed by atoms with Crippen LogP contribution in [0.2, 0.25) is 0 Å². The summed E-state index contributed by atoms with van der Waals surface area (Å²) in [4.78, 5) is 91.0. The second-order valence-corrected chi connectivity index (χ2v) is 16.1. The number of carbonyl (C=O) groups excluding carboxylic acids is 5. The minimum Gasteiger partial charge on any atom is -0.480 e. The van der Waals surface area contributed by atoms with Crippen molar-refractivity contribution in [2.24, 2.45) is 50.5 Å². The van der Waals surface area contributed by atoms with Crippen molar-refractivity contribution in [1.29, 1.82) is 0 Å². The Balaban J connectivity index is 1.90. The van der Waals surface area contributed by atoms with Gasteiger partial charge < -0.3 is 59.9 Å². The van der Waals surface area contributed by atoms with E-state index < -0.39 is 77.7 Å². The van der Waals surface area contributed by atoms with Crippen molar-refractivity contribution in [3.63, 3.8) is 0 Å². The number of carboxylic acid groups (broad SMARTS) is 1. The van der Waals surface area contributed by atoms with Gasteiger partial charge in [-0.1, -0.05) is 76.6 Å². The molecular formula is C42H66N12O7. The first-order valence-electron chi connectivity index (χ1n) is 21.0. The summed E-state index contributed by atoms with van der Waals surface area (Å²) in [5.41, 5.74) is 28.6. The van der Waals surface area contributed by atoms with Crippen LogP contribution in [0.1, 0.15) is 84.6 Å². The molecule has 1 saturated heterocycles. The van der Waals surface area contributed by atoms with Crippen molar-refractivity contribution in [3.8, 4) is 0 Å². The minimum atomic E-state index is -1.21. The predicted molar refractivity (Wildman–Crippen MR) is 234 cm³/mol. The van der Waals surface area contributed by atoms with Gasteiger partial charge in [-0.2, -0.15) is 0 Å². The standard InChI is InChI=1S/C42H66N12O7/c1-5-25(4)34(38(58)52-32(40(60)61)21-24(2)3)53-36(56)31(23-26-16-17-27-11-6-7-12-28(27)22-26)51-37(57)33-15-10-20-54(33)39(59)30(14-9-19-49-42(46)47)50-35(55)29(43)13-8-18-48-41(44)45/h6-7,11-12,16-17,22,24-25,29-34H,5,8-10,13-15,18-21,23,43H2,1-4H3,(H,50,55)(H,51,57)(H,52,58)(H,53,56)(H,60,61)(H4,44,45,48)(H4,46,47,49)/t25-,29-,30-,31-,32-,33-,34-/m0/s1. The molecule has 0 radical (unpaired) electrons. The van der Waals surface area contributed by atoms with Gasteiger partial charge in [-0.3, -0.25) is 34.0 Å². The Morgan fingerprint density at radius 2 is 1.41 bits per heavy atom.